The van der Waals surface area contributed by atoms with Crippen molar-refractivity contribution in [1.82, 2.24) is 15.6 Å². The van der Waals surface area contributed by atoms with E-state index in [1.807, 2.05) is 0 Å². The Labute approximate surface area is 96.7 Å². The zero-order chi connectivity index (χ0) is 11.3. The third kappa shape index (κ3) is 3.88. The van der Waals surface area contributed by atoms with Gasteiger partial charge in [-0.05, 0) is 0 Å². The summed E-state index contributed by atoms with van der Waals surface area (Å²) in [5.41, 5.74) is 1.89. The Morgan fingerprint density at radius 3 is 2.67 bits per heavy atom. The van der Waals surface area contributed by atoms with Gasteiger partial charge in [0, 0.05) is 20.0 Å². The molecule has 2 N–H and O–H groups in total. The number of amides is 2. The Morgan fingerprint density at radius 2 is 2.13 bits per heavy atom. The van der Waals surface area contributed by atoms with Gasteiger partial charge in [-0.15, -0.1) is 24.0 Å². The van der Waals surface area contributed by atoms with Crippen LogP contribution in [-0.2, 0) is 4.79 Å². The highest BCUT2D eigenvalue weighted by molar-refractivity contribution is 7.82. The van der Waals surface area contributed by atoms with E-state index >= 15 is 0 Å². The van der Waals surface area contributed by atoms with E-state index in [1.54, 1.807) is 5.51 Å². The molecule has 0 saturated heterocycles. The van der Waals surface area contributed by atoms with Crippen LogP contribution in [0.5, 0.6) is 0 Å². The number of rotatable bonds is 4. The van der Waals surface area contributed by atoms with Gasteiger partial charge in [-0.25, -0.2) is 4.98 Å². The summed E-state index contributed by atoms with van der Waals surface area (Å²) in [5.74, 6) is -0.389. The summed E-state index contributed by atoms with van der Waals surface area (Å²) < 4.78 is 0.590. The van der Waals surface area contributed by atoms with Crippen LogP contribution in [0.2, 0.25) is 0 Å². The van der Waals surface area contributed by atoms with Crippen molar-refractivity contribution in [3.8, 4) is 0 Å². The van der Waals surface area contributed by atoms with Crippen LogP contribution in [0.1, 0.15) is 17.4 Å². The third-order valence-electron chi connectivity index (χ3n) is 1.55. The lowest BCUT2D eigenvalue weighted by atomic mass is 10.4. The molecule has 1 rings (SSSR count). The fourth-order valence-corrected chi connectivity index (χ4v) is 1.71. The molecule has 1 aromatic rings. The van der Waals surface area contributed by atoms with Gasteiger partial charge in [0.1, 0.15) is 0 Å². The van der Waals surface area contributed by atoms with Crippen molar-refractivity contribution in [3.05, 3.63) is 11.2 Å². The fourth-order valence-electron chi connectivity index (χ4n) is 0.894. The topological polar surface area (TPSA) is 71.1 Å². The van der Waals surface area contributed by atoms with Crippen molar-refractivity contribution in [1.29, 1.82) is 0 Å². The predicted molar refractivity (Wildman–Crippen MR) is 60.4 cm³/mol. The summed E-state index contributed by atoms with van der Waals surface area (Å²) in [5, 5.41) is 5.19. The molecule has 82 valence electrons. The van der Waals surface area contributed by atoms with E-state index in [1.165, 1.54) is 18.3 Å². The minimum Gasteiger partial charge on any atom is -0.355 e. The highest BCUT2D eigenvalue weighted by Crippen LogP contribution is 2.16. The van der Waals surface area contributed by atoms with Crippen LogP contribution in [0.25, 0.3) is 0 Å². The van der Waals surface area contributed by atoms with Crippen LogP contribution in [-0.4, -0.2) is 29.9 Å². The Kier molecular flexibility index (Phi) is 4.57. The van der Waals surface area contributed by atoms with E-state index in [-0.39, 0.29) is 11.8 Å². The summed E-state index contributed by atoms with van der Waals surface area (Å²) in [4.78, 5) is 25.8. The van der Waals surface area contributed by atoms with Crippen molar-refractivity contribution in [2.75, 3.05) is 13.1 Å². The number of carbonyl (C=O) groups is 2. The lowest BCUT2D eigenvalue weighted by molar-refractivity contribution is -0.118. The highest BCUT2D eigenvalue weighted by atomic mass is 32.2. The third-order valence-corrected chi connectivity index (χ3v) is 2.70. The van der Waals surface area contributed by atoms with E-state index < -0.39 is 0 Å². The molecule has 0 spiro atoms. The minimum atomic E-state index is -0.272. The number of nitrogens with zero attached hydrogens (tertiary/aromatic N) is 1. The lowest BCUT2D eigenvalue weighted by Crippen LogP contribution is -2.33. The van der Waals surface area contributed by atoms with Crippen molar-refractivity contribution in [2.24, 2.45) is 0 Å². The lowest BCUT2D eigenvalue weighted by Gasteiger charge is -2.03. The van der Waals surface area contributed by atoms with E-state index in [0.29, 0.717) is 23.0 Å². The number of carbonyl (C=O) groups excluding carboxylic acids is 2. The van der Waals surface area contributed by atoms with Gasteiger partial charge in [0.2, 0.25) is 5.91 Å². The van der Waals surface area contributed by atoms with Crippen molar-refractivity contribution < 1.29 is 9.59 Å². The molecule has 0 radical (unpaired) electrons. The molecule has 0 saturated carbocycles. The molecule has 5 nitrogen and oxygen atoms in total. The first-order valence-corrected chi connectivity index (χ1v) is 5.59. The van der Waals surface area contributed by atoms with Crippen LogP contribution in [0.4, 0.5) is 0 Å². The maximum absolute atomic E-state index is 11.4. The van der Waals surface area contributed by atoms with Gasteiger partial charge in [-0.1, -0.05) is 0 Å². The molecule has 7 heteroatoms. The first-order chi connectivity index (χ1) is 7.11. The number of nitrogens with one attached hydrogen (secondary N) is 2. The average molecular weight is 245 g/mol. The number of thiazole rings is 1. The molecule has 1 aromatic heterocycles. The summed E-state index contributed by atoms with van der Waals surface area (Å²) in [7, 11) is 0. The Bertz CT molecular complexity index is 365. The zero-order valence-corrected chi connectivity index (χ0v) is 9.82. The monoisotopic (exact) mass is 245 g/mol. The Hall–Kier alpha value is -1.08. The molecule has 2 amide bonds. The molecule has 0 aromatic carbocycles. The second-order valence-electron chi connectivity index (χ2n) is 2.74. The molecular formula is C8H11N3O2S2. The summed E-state index contributed by atoms with van der Waals surface area (Å²) >= 11 is 5.39. The first-order valence-electron chi connectivity index (χ1n) is 4.26. The minimum absolute atomic E-state index is 0.118. The SMILES string of the molecule is CC(=O)NCCNC(=O)c1ncsc1S. The maximum atomic E-state index is 11.4. The average Bonchev–Trinajstić information content (AvgIpc) is 2.58. The Morgan fingerprint density at radius 1 is 1.47 bits per heavy atom. The summed E-state index contributed by atoms with van der Waals surface area (Å²) in [6.45, 7) is 2.21. The Balaban J connectivity index is 2.31. The second-order valence-corrected chi connectivity index (χ2v) is 4.35. The molecule has 1 heterocycles. The van der Waals surface area contributed by atoms with Crippen LogP contribution in [0.15, 0.2) is 9.72 Å². The maximum Gasteiger partial charge on any atom is 0.271 e. The normalized spacial score (nSPS) is 9.73. The van der Waals surface area contributed by atoms with Crippen molar-refractivity contribution in [2.45, 2.75) is 11.1 Å². The van der Waals surface area contributed by atoms with Gasteiger partial charge >= 0.3 is 0 Å². The second kappa shape index (κ2) is 5.72. The summed E-state index contributed by atoms with van der Waals surface area (Å²) in [6, 6.07) is 0. The van der Waals surface area contributed by atoms with Gasteiger partial charge in [0.15, 0.2) is 5.69 Å². The van der Waals surface area contributed by atoms with Gasteiger partial charge in [0.25, 0.3) is 5.91 Å². The smallest absolute Gasteiger partial charge is 0.271 e. The van der Waals surface area contributed by atoms with Crippen LogP contribution in [0, 0.1) is 0 Å². The standard InChI is InChI=1S/C8H11N3O2S2/c1-5(12)9-2-3-10-7(13)6-8(14)15-4-11-6/h4,14H,2-3H2,1H3,(H,9,12)(H,10,13). The van der Waals surface area contributed by atoms with E-state index in [9.17, 15) is 9.59 Å². The molecule has 15 heavy (non-hydrogen) atoms. The molecule has 0 bridgehead atoms. The van der Waals surface area contributed by atoms with Crippen LogP contribution in [0.3, 0.4) is 0 Å². The summed E-state index contributed by atoms with van der Waals surface area (Å²) in [6.07, 6.45) is 0. The van der Waals surface area contributed by atoms with Crippen molar-refractivity contribution >= 4 is 35.8 Å². The molecular weight excluding hydrogens is 234 g/mol. The van der Waals surface area contributed by atoms with E-state index in [0.717, 1.165) is 0 Å². The first kappa shape index (κ1) is 12.0. The van der Waals surface area contributed by atoms with E-state index in [2.05, 4.69) is 28.2 Å². The number of hydrogen-bond donors (Lipinski definition) is 3. The number of aromatic nitrogens is 1. The van der Waals surface area contributed by atoms with Gasteiger partial charge in [-0.3, -0.25) is 9.59 Å². The molecule has 0 unspecified atom stereocenters. The van der Waals surface area contributed by atoms with Crippen molar-refractivity contribution in [3.63, 3.8) is 0 Å². The van der Waals surface area contributed by atoms with Crippen LogP contribution < -0.4 is 10.6 Å². The molecule has 0 aliphatic carbocycles. The molecule has 0 aliphatic heterocycles. The largest absolute Gasteiger partial charge is 0.355 e. The predicted octanol–water partition coefficient (Wildman–Crippen LogP) is 0.298. The quantitative estimate of drug-likeness (QED) is 0.528. The molecule has 0 fully saturated rings. The highest BCUT2D eigenvalue weighted by Gasteiger charge is 2.11. The fraction of sp³-hybridized carbons (Fsp3) is 0.375. The zero-order valence-electron chi connectivity index (χ0n) is 8.11. The van der Waals surface area contributed by atoms with Gasteiger partial charge in [-0.2, -0.15) is 0 Å². The molecule has 0 aliphatic rings. The number of hydrogen-bond acceptors (Lipinski definition) is 5. The van der Waals surface area contributed by atoms with E-state index in [4.69, 9.17) is 0 Å². The number of thiol groups is 1. The van der Waals surface area contributed by atoms with Crippen LogP contribution >= 0.6 is 24.0 Å². The molecule has 0 atom stereocenters. The van der Waals surface area contributed by atoms with Gasteiger partial charge < -0.3 is 10.6 Å². The van der Waals surface area contributed by atoms with Gasteiger partial charge in [0.05, 0.1) is 9.72 Å².